The zero-order chi connectivity index (χ0) is 13.1. The van der Waals surface area contributed by atoms with Crippen LogP contribution >= 0.6 is 11.6 Å². The minimum absolute atomic E-state index is 0.0585. The fourth-order valence-electron chi connectivity index (χ4n) is 2.21. The normalized spacial score (nSPS) is 24.1. The van der Waals surface area contributed by atoms with Crippen LogP contribution in [0.1, 0.15) is 18.9 Å². The summed E-state index contributed by atoms with van der Waals surface area (Å²) in [5, 5.41) is 10.4. The van der Waals surface area contributed by atoms with Crippen LogP contribution in [0.4, 0.5) is 0 Å². The number of carbonyl (C=O) groups excluding carboxylic acids is 1. The molecule has 2 atom stereocenters. The lowest BCUT2D eigenvalue weighted by Crippen LogP contribution is -2.46. The van der Waals surface area contributed by atoms with Crippen LogP contribution in [0.25, 0.3) is 0 Å². The minimum Gasteiger partial charge on any atom is -0.391 e. The van der Waals surface area contributed by atoms with Crippen LogP contribution in [-0.2, 0) is 11.2 Å². The molecule has 0 spiro atoms. The summed E-state index contributed by atoms with van der Waals surface area (Å²) in [6.45, 7) is 3.20. The highest BCUT2D eigenvalue weighted by molar-refractivity contribution is 6.30. The van der Waals surface area contributed by atoms with Crippen molar-refractivity contribution >= 4 is 17.5 Å². The van der Waals surface area contributed by atoms with E-state index in [2.05, 4.69) is 0 Å². The molecule has 1 amide bonds. The Balaban J connectivity index is 1.96. The number of piperidine rings is 1. The lowest BCUT2D eigenvalue weighted by Gasteiger charge is -2.34. The van der Waals surface area contributed by atoms with Gasteiger partial charge >= 0.3 is 0 Å². The average molecular weight is 268 g/mol. The molecular weight excluding hydrogens is 250 g/mol. The van der Waals surface area contributed by atoms with E-state index in [1.54, 1.807) is 11.0 Å². The summed E-state index contributed by atoms with van der Waals surface area (Å²) in [4.78, 5) is 13.8. The number of β-amino-alcohol motifs (C(OH)–C–C–N with tert-alkyl or cyclic N) is 1. The van der Waals surface area contributed by atoms with Crippen LogP contribution in [0, 0.1) is 5.92 Å². The van der Waals surface area contributed by atoms with Gasteiger partial charge in [-0.15, -0.1) is 0 Å². The first-order valence-corrected chi connectivity index (χ1v) is 6.64. The summed E-state index contributed by atoms with van der Waals surface area (Å²) in [5.74, 6) is 0.337. The largest absolute Gasteiger partial charge is 0.391 e. The van der Waals surface area contributed by atoms with E-state index >= 15 is 0 Å². The highest BCUT2D eigenvalue weighted by Gasteiger charge is 2.27. The Hall–Kier alpha value is -1.06. The molecule has 18 heavy (non-hydrogen) atoms. The second-order valence-electron chi connectivity index (χ2n) is 4.98. The summed E-state index contributed by atoms with van der Waals surface area (Å²) < 4.78 is 0. The summed E-state index contributed by atoms with van der Waals surface area (Å²) in [6, 6.07) is 7.34. The highest BCUT2D eigenvalue weighted by Crippen LogP contribution is 2.18. The lowest BCUT2D eigenvalue weighted by molar-refractivity contribution is -0.134. The van der Waals surface area contributed by atoms with Gasteiger partial charge in [-0.05, 0) is 30.0 Å². The van der Waals surface area contributed by atoms with Gasteiger partial charge in [-0.2, -0.15) is 0 Å². The van der Waals surface area contributed by atoms with Crippen molar-refractivity contribution in [3.8, 4) is 0 Å². The molecule has 3 nitrogen and oxygen atoms in total. The molecule has 0 bridgehead atoms. The monoisotopic (exact) mass is 267 g/mol. The number of aliphatic hydroxyl groups excluding tert-OH is 1. The fourth-order valence-corrected chi connectivity index (χ4v) is 2.42. The Bertz CT molecular complexity index is 436. The number of carbonyl (C=O) groups is 1. The maximum Gasteiger partial charge on any atom is 0.227 e. The summed E-state index contributed by atoms with van der Waals surface area (Å²) in [5.41, 5.74) is 0.917. The van der Waals surface area contributed by atoms with Crippen molar-refractivity contribution in [2.45, 2.75) is 25.9 Å². The third-order valence-electron chi connectivity index (χ3n) is 3.52. The van der Waals surface area contributed by atoms with E-state index in [0.717, 1.165) is 18.5 Å². The Morgan fingerprint density at radius 1 is 1.56 bits per heavy atom. The van der Waals surface area contributed by atoms with Gasteiger partial charge < -0.3 is 10.0 Å². The van der Waals surface area contributed by atoms with Crippen LogP contribution in [0.15, 0.2) is 24.3 Å². The van der Waals surface area contributed by atoms with E-state index in [0.29, 0.717) is 18.0 Å². The standard InChI is InChI=1S/C14H18ClNO2/c1-10-5-6-16(9-13(10)17)14(18)8-11-3-2-4-12(15)7-11/h2-4,7,10,13,17H,5-6,8-9H2,1H3. The summed E-state index contributed by atoms with van der Waals surface area (Å²) >= 11 is 5.89. The molecule has 2 rings (SSSR count). The second-order valence-corrected chi connectivity index (χ2v) is 5.42. The quantitative estimate of drug-likeness (QED) is 0.892. The molecule has 4 heteroatoms. The van der Waals surface area contributed by atoms with Crippen molar-refractivity contribution in [1.82, 2.24) is 4.90 Å². The number of likely N-dealkylation sites (tertiary alicyclic amines) is 1. The molecule has 98 valence electrons. The highest BCUT2D eigenvalue weighted by atomic mass is 35.5. The SMILES string of the molecule is CC1CCN(C(=O)Cc2cccc(Cl)c2)CC1O. The van der Waals surface area contributed by atoms with Gasteiger partial charge in [0.2, 0.25) is 5.91 Å². The molecule has 0 aromatic heterocycles. The third kappa shape index (κ3) is 3.24. The van der Waals surface area contributed by atoms with Gasteiger partial charge in [-0.3, -0.25) is 4.79 Å². The van der Waals surface area contributed by atoms with Crippen molar-refractivity contribution < 1.29 is 9.90 Å². The number of halogens is 1. The molecule has 1 aliphatic rings. The van der Waals surface area contributed by atoms with Crippen molar-refractivity contribution in [2.24, 2.45) is 5.92 Å². The van der Waals surface area contributed by atoms with Crippen molar-refractivity contribution in [2.75, 3.05) is 13.1 Å². The molecule has 0 aliphatic carbocycles. The van der Waals surface area contributed by atoms with E-state index in [1.165, 1.54) is 0 Å². The number of benzene rings is 1. The van der Waals surface area contributed by atoms with Gasteiger partial charge in [-0.25, -0.2) is 0 Å². The molecule has 1 heterocycles. The van der Waals surface area contributed by atoms with Crippen molar-refractivity contribution in [3.63, 3.8) is 0 Å². The van der Waals surface area contributed by atoms with Crippen molar-refractivity contribution in [1.29, 1.82) is 0 Å². The Morgan fingerprint density at radius 3 is 3.00 bits per heavy atom. The maximum absolute atomic E-state index is 12.1. The minimum atomic E-state index is -0.401. The topological polar surface area (TPSA) is 40.5 Å². The molecule has 1 saturated heterocycles. The number of hydrogen-bond acceptors (Lipinski definition) is 2. The predicted octanol–water partition coefficient (Wildman–Crippen LogP) is 2.11. The Morgan fingerprint density at radius 2 is 2.33 bits per heavy atom. The number of aliphatic hydroxyl groups is 1. The van der Waals surface area contributed by atoms with Gasteiger partial charge in [0.15, 0.2) is 0 Å². The Kier molecular flexibility index (Phi) is 4.25. The van der Waals surface area contributed by atoms with Crippen LogP contribution < -0.4 is 0 Å². The molecule has 1 aromatic rings. The Labute approximate surface area is 112 Å². The smallest absolute Gasteiger partial charge is 0.227 e. The van der Waals surface area contributed by atoms with E-state index in [-0.39, 0.29) is 11.8 Å². The fraction of sp³-hybridized carbons (Fsp3) is 0.500. The summed E-state index contributed by atoms with van der Waals surface area (Å²) in [7, 11) is 0. The first-order chi connectivity index (χ1) is 8.56. The number of rotatable bonds is 2. The van der Waals surface area contributed by atoms with Crippen LogP contribution in [0.2, 0.25) is 5.02 Å². The van der Waals surface area contributed by atoms with Gasteiger partial charge in [0.05, 0.1) is 12.5 Å². The predicted molar refractivity (Wildman–Crippen MR) is 71.5 cm³/mol. The van der Waals surface area contributed by atoms with Crippen molar-refractivity contribution in [3.05, 3.63) is 34.9 Å². The zero-order valence-corrected chi connectivity index (χ0v) is 11.2. The summed E-state index contributed by atoms with van der Waals surface area (Å²) in [6.07, 6.45) is 0.812. The number of nitrogens with zero attached hydrogens (tertiary/aromatic N) is 1. The zero-order valence-electron chi connectivity index (χ0n) is 10.5. The van der Waals surface area contributed by atoms with E-state index in [9.17, 15) is 9.90 Å². The first-order valence-electron chi connectivity index (χ1n) is 6.26. The second kappa shape index (κ2) is 5.72. The van der Waals surface area contributed by atoms with Gasteiger partial charge in [-0.1, -0.05) is 30.7 Å². The molecule has 2 unspecified atom stereocenters. The van der Waals surface area contributed by atoms with Gasteiger partial charge in [0.25, 0.3) is 0 Å². The van der Waals surface area contributed by atoms with E-state index in [1.807, 2.05) is 25.1 Å². The van der Waals surface area contributed by atoms with Crippen LogP contribution in [0.3, 0.4) is 0 Å². The van der Waals surface area contributed by atoms with Crippen LogP contribution in [-0.4, -0.2) is 35.1 Å². The molecule has 1 aliphatic heterocycles. The number of hydrogen-bond donors (Lipinski definition) is 1. The molecule has 1 aromatic carbocycles. The molecular formula is C14H18ClNO2. The molecule has 1 fully saturated rings. The van der Waals surface area contributed by atoms with Gasteiger partial charge in [0.1, 0.15) is 0 Å². The van der Waals surface area contributed by atoms with E-state index in [4.69, 9.17) is 11.6 Å². The molecule has 0 saturated carbocycles. The van der Waals surface area contributed by atoms with Crippen LogP contribution in [0.5, 0.6) is 0 Å². The maximum atomic E-state index is 12.1. The van der Waals surface area contributed by atoms with E-state index < -0.39 is 6.10 Å². The average Bonchev–Trinajstić information content (AvgIpc) is 2.32. The molecule has 0 radical (unpaired) electrons. The molecule has 1 N–H and O–H groups in total. The lowest BCUT2D eigenvalue weighted by atomic mass is 9.95. The number of amides is 1. The third-order valence-corrected chi connectivity index (χ3v) is 3.75. The first kappa shape index (κ1) is 13.4. The van der Waals surface area contributed by atoms with Gasteiger partial charge in [0, 0.05) is 18.1 Å².